The van der Waals surface area contributed by atoms with Gasteiger partial charge >= 0.3 is 35.7 Å². The first-order valence-corrected chi connectivity index (χ1v) is 14.1. The number of amides is 1. The number of Topliss-reactive ketones (excluding diaryl/α,β-unsaturated/α-hetero) is 1. The molecule has 1 amide bonds. The van der Waals surface area contributed by atoms with Crippen molar-refractivity contribution in [1.82, 2.24) is 9.47 Å². The Hall–Kier alpha value is -2.69. The van der Waals surface area contributed by atoms with Gasteiger partial charge < -0.3 is 42.7 Å². The Bertz CT molecular complexity index is 1480. The monoisotopic (exact) mass is 638 g/mol. The molecule has 1 saturated heterocycles. The zero-order chi connectivity index (χ0) is 30.6. The van der Waals surface area contributed by atoms with Crippen LogP contribution in [0.5, 0.6) is 5.75 Å². The number of ketones is 1. The number of aryl methyl sites for hydroxylation is 1. The molecule has 0 aliphatic carbocycles. The van der Waals surface area contributed by atoms with Gasteiger partial charge in [0.2, 0.25) is 18.0 Å². The molecule has 0 spiro atoms. The van der Waals surface area contributed by atoms with Crippen molar-refractivity contribution in [3.63, 3.8) is 0 Å². The summed E-state index contributed by atoms with van der Waals surface area (Å²) in [7, 11) is -4.91. The van der Waals surface area contributed by atoms with Gasteiger partial charge in [-0.3, -0.25) is 18.9 Å². The maximum Gasteiger partial charge on any atom is 1.00 e. The minimum atomic E-state index is -4.91. The average molecular weight is 638 g/mol. The Kier molecular flexibility index (Phi) is 12.0. The Labute approximate surface area is 265 Å². The third-order valence-electron chi connectivity index (χ3n) is 6.42. The third kappa shape index (κ3) is 8.70. The molecule has 18 heteroatoms. The molecule has 1 aromatic carbocycles. The van der Waals surface area contributed by atoms with Crippen LogP contribution in [-0.4, -0.2) is 71.1 Å². The van der Waals surface area contributed by atoms with Crippen molar-refractivity contribution in [2.75, 3.05) is 26.6 Å². The Morgan fingerprint density at radius 2 is 1.95 bits per heavy atom. The molecule has 1 fully saturated rings. The number of rotatable bonds is 12. The average Bonchev–Trinajstić information content (AvgIpc) is 3.28. The molecule has 2 aliphatic rings. The summed E-state index contributed by atoms with van der Waals surface area (Å²) < 4.78 is 63.7. The fourth-order valence-electron chi connectivity index (χ4n) is 4.47. The molecule has 1 N–H and O–H groups in total. The predicted octanol–water partition coefficient (Wildman–Crippen LogP) is -1.50. The van der Waals surface area contributed by atoms with E-state index in [9.17, 15) is 37.4 Å². The van der Waals surface area contributed by atoms with Crippen LogP contribution in [0.4, 0.5) is 13.6 Å². The van der Waals surface area contributed by atoms with Gasteiger partial charge in [0.05, 0.1) is 38.0 Å². The van der Waals surface area contributed by atoms with Crippen LogP contribution in [0.15, 0.2) is 29.2 Å². The molecule has 1 aromatic heterocycles. The number of hydrogen-bond acceptors (Lipinski definition) is 11. The molecule has 3 heterocycles. The van der Waals surface area contributed by atoms with Gasteiger partial charge in [0.25, 0.3) is 13.7 Å². The molecule has 14 nitrogen and oxygen atoms in total. The second-order valence-electron chi connectivity index (χ2n) is 9.37. The quantitative estimate of drug-likeness (QED) is 0.0711. The number of pyridine rings is 1. The molecule has 43 heavy (non-hydrogen) atoms. The SMILES string of the molecule is C[C@H]1CO[C@@H]2Cn3cc(C(=O)CCc4ccc(F)cc4F)c(=O)c(OCOC(=O)OCCCOP(=O)([O-])O)c3C(=O)N12.[Na+]. The van der Waals surface area contributed by atoms with Crippen molar-refractivity contribution in [3.05, 3.63) is 63.1 Å². The van der Waals surface area contributed by atoms with Crippen LogP contribution in [-0.2, 0) is 36.3 Å². The minimum Gasteiger partial charge on any atom is -0.756 e. The zero-order valence-corrected chi connectivity index (χ0v) is 26.1. The van der Waals surface area contributed by atoms with Crippen molar-refractivity contribution in [1.29, 1.82) is 0 Å². The second-order valence-corrected chi connectivity index (χ2v) is 10.6. The van der Waals surface area contributed by atoms with Crippen LogP contribution in [0.1, 0.15) is 46.2 Å². The first-order valence-electron chi connectivity index (χ1n) is 12.6. The summed E-state index contributed by atoms with van der Waals surface area (Å²) in [6, 6.07) is 2.60. The van der Waals surface area contributed by atoms with E-state index in [2.05, 4.69) is 4.52 Å². The summed E-state index contributed by atoms with van der Waals surface area (Å²) in [5, 5.41) is 0. The van der Waals surface area contributed by atoms with E-state index in [1.54, 1.807) is 6.92 Å². The normalized spacial score (nSPS) is 18.6. The molecule has 228 valence electrons. The molecule has 0 saturated carbocycles. The Morgan fingerprint density at radius 1 is 1.21 bits per heavy atom. The molecule has 4 rings (SSSR count). The summed E-state index contributed by atoms with van der Waals surface area (Å²) in [5.41, 5.74) is -1.47. The number of carbonyl (C=O) groups excluding carboxylic acids is 3. The van der Waals surface area contributed by atoms with E-state index in [1.165, 1.54) is 21.7 Å². The number of phosphoric acid groups is 1. The van der Waals surface area contributed by atoms with E-state index in [-0.39, 0.29) is 91.4 Å². The number of carbonyl (C=O) groups is 3. The zero-order valence-electron chi connectivity index (χ0n) is 23.2. The summed E-state index contributed by atoms with van der Waals surface area (Å²) in [6.45, 7) is 0.349. The van der Waals surface area contributed by atoms with Gasteiger partial charge in [-0.05, 0) is 25.0 Å². The second kappa shape index (κ2) is 14.9. The van der Waals surface area contributed by atoms with E-state index in [0.29, 0.717) is 6.07 Å². The number of nitrogens with zero attached hydrogens (tertiary/aromatic N) is 2. The van der Waals surface area contributed by atoms with Crippen LogP contribution in [0.25, 0.3) is 0 Å². The molecular formula is C25H26F2N2NaO12P. The summed E-state index contributed by atoms with van der Waals surface area (Å²) in [5.74, 6) is -3.50. The van der Waals surface area contributed by atoms with Gasteiger partial charge in [0.1, 0.15) is 11.6 Å². The fourth-order valence-corrected chi connectivity index (χ4v) is 4.83. The van der Waals surface area contributed by atoms with Crippen molar-refractivity contribution >= 4 is 25.7 Å². The molecule has 3 atom stereocenters. The van der Waals surface area contributed by atoms with Crippen molar-refractivity contribution < 1.29 is 90.5 Å². The first kappa shape index (κ1) is 34.8. The van der Waals surface area contributed by atoms with E-state index in [4.69, 9.17) is 23.8 Å². The fraction of sp³-hybridized carbons (Fsp3) is 0.440. The number of aromatic nitrogens is 1. The van der Waals surface area contributed by atoms with Gasteiger partial charge in [0, 0.05) is 25.1 Å². The van der Waals surface area contributed by atoms with Crippen LogP contribution in [0, 0.1) is 11.6 Å². The number of fused-ring (bicyclic) bond motifs is 2. The maximum atomic E-state index is 14.1. The Morgan fingerprint density at radius 3 is 2.65 bits per heavy atom. The maximum absolute atomic E-state index is 14.1. The molecule has 1 unspecified atom stereocenters. The van der Waals surface area contributed by atoms with Gasteiger partial charge in [-0.15, -0.1) is 0 Å². The predicted molar refractivity (Wildman–Crippen MR) is 133 cm³/mol. The van der Waals surface area contributed by atoms with E-state index in [0.717, 1.165) is 6.07 Å². The van der Waals surface area contributed by atoms with Gasteiger partial charge in [-0.2, -0.15) is 0 Å². The molecule has 0 radical (unpaired) electrons. The molecule has 2 aliphatic heterocycles. The number of ether oxygens (including phenoxy) is 4. The van der Waals surface area contributed by atoms with Crippen molar-refractivity contribution in [2.24, 2.45) is 0 Å². The van der Waals surface area contributed by atoms with Crippen LogP contribution >= 0.6 is 7.82 Å². The van der Waals surface area contributed by atoms with Crippen molar-refractivity contribution in [2.45, 2.75) is 45.0 Å². The third-order valence-corrected chi connectivity index (χ3v) is 6.93. The summed E-state index contributed by atoms with van der Waals surface area (Å²) in [4.78, 5) is 72.1. The van der Waals surface area contributed by atoms with Gasteiger partial charge in [0.15, 0.2) is 17.7 Å². The van der Waals surface area contributed by atoms with E-state index < -0.39 is 68.1 Å². The summed E-state index contributed by atoms with van der Waals surface area (Å²) in [6.07, 6.45) is -1.29. The summed E-state index contributed by atoms with van der Waals surface area (Å²) >= 11 is 0. The number of halogens is 2. The smallest absolute Gasteiger partial charge is 0.756 e. The van der Waals surface area contributed by atoms with Crippen LogP contribution < -0.4 is 44.6 Å². The van der Waals surface area contributed by atoms with Gasteiger partial charge in [-0.1, -0.05) is 6.07 Å². The van der Waals surface area contributed by atoms with Crippen LogP contribution in [0.3, 0.4) is 0 Å². The topological polar surface area (TPSA) is 183 Å². The largest absolute Gasteiger partial charge is 1.00 e. The standard InChI is InChI=1S/C25H27F2N2O12P.Na/c1-14-12-38-20-11-28-10-17(19(30)6-4-15-3-5-16(26)9-18(15)27)22(31)23(21(28)24(32)29(14)20)39-13-40-25(33)37-7-2-8-41-42(34,35)36;/h3,5,9-10,14,20H,2,4,6-8,11-13H2,1H3,(H2,34,35,36);/q;+1/p-1/t14-,20+;/m0./s1. The molecule has 2 aromatic rings. The van der Waals surface area contributed by atoms with E-state index >= 15 is 0 Å². The molecule has 0 bridgehead atoms. The van der Waals surface area contributed by atoms with Crippen molar-refractivity contribution in [3.8, 4) is 5.75 Å². The number of phosphoric ester groups is 1. The van der Waals surface area contributed by atoms with Crippen LogP contribution in [0.2, 0.25) is 0 Å². The molecular weight excluding hydrogens is 612 g/mol. The minimum absolute atomic E-state index is 0. The van der Waals surface area contributed by atoms with Gasteiger partial charge in [-0.25, -0.2) is 13.6 Å². The first-order chi connectivity index (χ1) is 19.9. The van der Waals surface area contributed by atoms with E-state index in [1.807, 2.05) is 0 Å². The Balaban J connectivity index is 0.00000506. The number of benzene rings is 1. The number of hydrogen-bond donors (Lipinski definition) is 1.